The van der Waals surface area contributed by atoms with E-state index in [0.29, 0.717) is 17.2 Å². The van der Waals surface area contributed by atoms with Crippen LogP contribution in [0.2, 0.25) is 0 Å². The van der Waals surface area contributed by atoms with Gasteiger partial charge in [0.25, 0.3) is 5.91 Å². The van der Waals surface area contributed by atoms with Crippen LogP contribution in [0, 0.1) is 0 Å². The zero-order valence-electron chi connectivity index (χ0n) is 15.9. The smallest absolute Gasteiger partial charge is 0.252 e. The molecule has 1 aromatic carbocycles. The molecule has 8 nitrogen and oxygen atoms in total. The molecule has 4 rings (SSSR count). The predicted molar refractivity (Wildman–Crippen MR) is 111 cm³/mol. The van der Waals surface area contributed by atoms with Gasteiger partial charge in [-0.1, -0.05) is 12.8 Å². The van der Waals surface area contributed by atoms with Gasteiger partial charge < -0.3 is 21.7 Å². The summed E-state index contributed by atoms with van der Waals surface area (Å²) in [4.78, 5) is 18.5. The zero-order valence-corrected chi connectivity index (χ0v) is 15.9. The number of carbonyl (C=O) groups is 1. The molecule has 3 aromatic rings. The summed E-state index contributed by atoms with van der Waals surface area (Å²) in [7, 11) is 1.87. The van der Waals surface area contributed by atoms with E-state index in [-0.39, 0.29) is 12.1 Å². The highest BCUT2D eigenvalue weighted by Crippen LogP contribution is 2.29. The zero-order chi connectivity index (χ0) is 19.7. The Kier molecular flexibility index (Phi) is 4.87. The summed E-state index contributed by atoms with van der Waals surface area (Å²) in [5, 5.41) is 11.4. The van der Waals surface area contributed by atoms with Crippen molar-refractivity contribution in [3.05, 3.63) is 42.1 Å². The first-order chi connectivity index (χ1) is 13.5. The van der Waals surface area contributed by atoms with Gasteiger partial charge in [-0.25, -0.2) is 4.98 Å². The van der Waals surface area contributed by atoms with Crippen molar-refractivity contribution in [1.29, 1.82) is 0 Å². The highest BCUT2D eigenvalue weighted by atomic mass is 16.1. The van der Waals surface area contributed by atoms with E-state index >= 15 is 0 Å². The standard InChI is InChI=1S/C20H25N7O/c1-27(13-6-8-16-12(10-13)11-23-26-16)20-14(19(22)28)7-9-18(25-20)24-17-5-3-2-4-15(17)21/h6-11,15,17H,2-5,21H2,1H3,(H2,22,28)(H,23,26)(H,24,25)/t15-,17+/m0/s1. The Bertz CT molecular complexity index is 999. The van der Waals surface area contributed by atoms with Crippen molar-refractivity contribution >= 4 is 34.1 Å². The normalized spacial score (nSPS) is 19.5. The number of aromatic amines is 1. The van der Waals surface area contributed by atoms with Gasteiger partial charge in [0.15, 0.2) is 0 Å². The molecule has 8 heteroatoms. The fourth-order valence-electron chi connectivity index (χ4n) is 3.77. The van der Waals surface area contributed by atoms with Crippen molar-refractivity contribution in [1.82, 2.24) is 15.2 Å². The van der Waals surface area contributed by atoms with Gasteiger partial charge in [-0.2, -0.15) is 5.10 Å². The number of anilines is 3. The van der Waals surface area contributed by atoms with Crippen molar-refractivity contribution in [2.24, 2.45) is 11.5 Å². The van der Waals surface area contributed by atoms with Crippen LogP contribution in [0.1, 0.15) is 36.0 Å². The number of nitrogens with zero attached hydrogens (tertiary/aromatic N) is 3. The van der Waals surface area contributed by atoms with Gasteiger partial charge in [0.1, 0.15) is 11.6 Å². The lowest BCUT2D eigenvalue weighted by molar-refractivity contribution is 0.100. The maximum Gasteiger partial charge on any atom is 0.252 e. The van der Waals surface area contributed by atoms with Crippen molar-refractivity contribution < 1.29 is 4.79 Å². The second kappa shape index (κ2) is 7.47. The molecular weight excluding hydrogens is 354 g/mol. The first-order valence-electron chi connectivity index (χ1n) is 9.53. The minimum atomic E-state index is -0.514. The fourth-order valence-corrected chi connectivity index (χ4v) is 3.77. The molecule has 1 aliphatic rings. The minimum absolute atomic E-state index is 0.107. The molecule has 0 spiro atoms. The van der Waals surface area contributed by atoms with Crippen LogP contribution < -0.4 is 21.7 Å². The molecule has 2 atom stereocenters. The van der Waals surface area contributed by atoms with Crippen LogP contribution in [0.25, 0.3) is 10.9 Å². The number of nitrogens with one attached hydrogen (secondary N) is 2. The molecule has 0 radical (unpaired) electrons. The molecule has 0 saturated heterocycles. The van der Waals surface area contributed by atoms with Crippen LogP contribution in [-0.4, -0.2) is 40.2 Å². The number of hydrogen-bond acceptors (Lipinski definition) is 6. The number of primary amides is 1. The third-order valence-corrected chi connectivity index (χ3v) is 5.42. The third kappa shape index (κ3) is 3.50. The van der Waals surface area contributed by atoms with Gasteiger partial charge >= 0.3 is 0 Å². The predicted octanol–water partition coefficient (Wildman–Crippen LogP) is 2.51. The second-order valence-electron chi connectivity index (χ2n) is 7.33. The molecule has 146 valence electrons. The van der Waals surface area contributed by atoms with Gasteiger partial charge in [-0.05, 0) is 43.2 Å². The topological polar surface area (TPSA) is 126 Å². The Morgan fingerprint density at radius 1 is 1.25 bits per heavy atom. The summed E-state index contributed by atoms with van der Waals surface area (Å²) < 4.78 is 0. The molecule has 1 aliphatic carbocycles. The molecule has 0 unspecified atom stereocenters. The summed E-state index contributed by atoms with van der Waals surface area (Å²) >= 11 is 0. The number of benzene rings is 1. The van der Waals surface area contributed by atoms with Crippen LogP contribution >= 0.6 is 0 Å². The summed E-state index contributed by atoms with van der Waals surface area (Å²) in [6.45, 7) is 0. The lowest BCUT2D eigenvalue weighted by Gasteiger charge is -2.30. The number of pyridine rings is 1. The van der Waals surface area contributed by atoms with Gasteiger partial charge in [-0.3, -0.25) is 9.89 Å². The first kappa shape index (κ1) is 18.2. The number of fused-ring (bicyclic) bond motifs is 1. The molecule has 0 bridgehead atoms. The van der Waals surface area contributed by atoms with Crippen molar-refractivity contribution in [3.8, 4) is 0 Å². The highest BCUT2D eigenvalue weighted by Gasteiger charge is 2.23. The molecule has 2 heterocycles. The lowest BCUT2D eigenvalue weighted by Crippen LogP contribution is -2.42. The number of amides is 1. The number of nitrogens with two attached hydrogens (primary N) is 2. The number of carbonyl (C=O) groups excluding carboxylic acids is 1. The minimum Gasteiger partial charge on any atom is -0.366 e. The maximum absolute atomic E-state index is 12.0. The van der Waals surface area contributed by atoms with E-state index in [4.69, 9.17) is 16.5 Å². The van der Waals surface area contributed by atoms with Gasteiger partial charge in [0.05, 0.1) is 17.3 Å². The van der Waals surface area contributed by atoms with E-state index in [0.717, 1.165) is 42.3 Å². The van der Waals surface area contributed by atoms with E-state index in [2.05, 4.69) is 15.5 Å². The largest absolute Gasteiger partial charge is 0.366 e. The summed E-state index contributed by atoms with van der Waals surface area (Å²) in [6, 6.07) is 9.68. The Labute approximate surface area is 163 Å². The lowest BCUT2D eigenvalue weighted by atomic mass is 9.91. The van der Waals surface area contributed by atoms with Gasteiger partial charge in [0.2, 0.25) is 0 Å². The Morgan fingerprint density at radius 3 is 2.86 bits per heavy atom. The number of aromatic nitrogens is 3. The fraction of sp³-hybridized carbons (Fsp3) is 0.350. The van der Waals surface area contributed by atoms with Crippen LogP contribution in [-0.2, 0) is 0 Å². The monoisotopic (exact) mass is 379 g/mol. The van der Waals surface area contributed by atoms with Gasteiger partial charge in [0, 0.05) is 30.2 Å². The number of hydrogen-bond donors (Lipinski definition) is 4. The third-order valence-electron chi connectivity index (χ3n) is 5.42. The van der Waals surface area contributed by atoms with E-state index in [9.17, 15) is 4.79 Å². The van der Waals surface area contributed by atoms with Crippen molar-refractivity contribution in [3.63, 3.8) is 0 Å². The SMILES string of the molecule is CN(c1ccc2[nH]ncc2c1)c1nc(N[C@@H]2CCCC[C@@H]2N)ccc1C(N)=O. The Hall–Kier alpha value is -3.13. The molecule has 0 aliphatic heterocycles. The molecule has 1 amide bonds. The summed E-state index contributed by atoms with van der Waals surface area (Å²) in [5.74, 6) is 0.683. The average Bonchev–Trinajstić information content (AvgIpc) is 3.17. The quantitative estimate of drug-likeness (QED) is 0.540. The van der Waals surface area contributed by atoms with Crippen LogP contribution in [0.5, 0.6) is 0 Å². The first-order valence-corrected chi connectivity index (χ1v) is 9.53. The summed E-state index contributed by atoms with van der Waals surface area (Å²) in [5.41, 5.74) is 14.1. The Balaban J connectivity index is 1.67. The molecule has 2 aromatic heterocycles. The molecule has 28 heavy (non-hydrogen) atoms. The van der Waals surface area contributed by atoms with Crippen LogP contribution in [0.4, 0.5) is 17.3 Å². The molecular formula is C20H25N7O. The van der Waals surface area contributed by atoms with E-state index < -0.39 is 5.91 Å². The average molecular weight is 379 g/mol. The van der Waals surface area contributed by atoms with Gasteiger partial charge in [-0.15, -0.1) is 0 Å². The van der Waals surface area contributed by atoms with Crippen LogP contribution in [0.3, 0.4) is 0 Å². The number of H-pyrrole nitrogens is 1. The van der Waals surface area contributed by atoms with Crippen molar-refractivity contribution in [2.45, 2.75) is 37.8 Å². The summed E-state index contributed by atoms with van der Waals surface area (Å²) in [6.07, 6.45) is 6.11. The Morgan fingerprint density at radius 2 is 2.07 bits per heavy atom. The van der Waals surface area contributed by atoms with E-state index in [1.165, 1.54) is 0 Å². The van der Waals surface area contributed by atoms with Crippen molar-refractivity contribution in [2.75, 3.05) is 17.3 Å². The molecule has 1 fully saturated rings. The van der Waals surface area contributed by atoms with E-state index in [1.54, 1.807) is 18.3 Å². The molecule has 1 saturated carbocycles. The maximum atomic E-state index is 12.0. The van der Waals surface area contributed by atoms with Crippen LogP contribution in [0.15, 0.2) is 36.5 Å². The second-order valence-corrected chi connectivity index (χ2v) is 7.33. The highest BCUT2D eigenvalue weighted by molar-refractivity contribution is 5.99. The molecule has 6 N–H and O–H groups in total. The van der Waals surface area contributed by atoms with E-state index in [1.807, 2.05) is 30.1 Å². The number of rotatable bonds is 5.